The number of benzene rings is 1. The van der Waals surface area contributed by atoms with Gasteiger partial charge in [-0.15, -0.1) is 12.4 Å². The molecule has 0 radical (unpaired) electrons. The SMILES string of the molecule is Cl.NCCCC(=O)N1CCc2c1cccc2[N+](=O)[O-]. The van der Waals surface area contributed by atoms with Crippen LogP contribution in [-0.4, -0.2) is 23.9 Å². The molecule has 1 aromatic carbocycles. The summed E-state index contributed by atoms with van der Waals surface area (Å²) in [5.41, 5.74) is 6.80. The van der Waals surface area contributed by atoms with Gasteiger partial charge in [-0.05, 0) is 25.5 Å². The van der Waals surface area contributed by atoms with E-state index in [2.05, 4.69) is 0 Å². The molecule has 1 aromatic rings. The Balaban J connectivity index is 0.00000180. The number of hydrogen-bond donors (Lipinski definition) is 1. The van der Waals surface area contributed by atoms with Crippen LogP contribution in [0.25, 0.3) is 0 Å². The molecule has 0 saturated heterocycles. The zero-order chi connectivity index (χ0) is 13.1. The third kappa shape index (κ3) is 3.02. The van der Waals surface area contributed by atoms with E-state index >= 15 is 0 Å². The Morgan fingerprint density at radius 1 is 1.47 bits per heavy atom. The van der Waals surface area contributed by atoms with E-state index in [0.29, 0.717) is 43.6 Å². The first-order valence-electron chi connectivity index (χ1n) is 5.92. The lowest BCUT2D eigenvalue weighted by Gasteiger charge is -2.16. The van der Waals surface area contributed by atoms with Gasteiger partial charge in [0.25, 0.3) is 5.69 Å². The Kier molecular flexibility index (Phi) is 5.26. The molecule has 1 amide bonds. The smallest absolute Gasteiger partial charge is 0.274 e. The number of nitro benzene ring substituents is 1. The summed E-state index contributed by atoms with van der Waals surface area (Å²) >= 11 is 0. The summed E-state index contributed by atoms with van der Waals surface area (Å²) in [4.78, 5) is 24.1. The van der Waals surface area contributed by atoms with Crippen LogP contribution in [0.4, 0.5) is 11.4 Å². The topological polar surface area (TPSA) is 89.5 Å². The molecular weight excluding hydrogens is 270 g/mol. The van der Waals surface area contributed by atoms with Gasteiger partial charge < -0.3 is 10.6 Å². The maximum Gasteiger partial charge on any atom is 0.274 e. The van der Waals surface area contributed by atoms with E-state index in [1.165, 1.54) is 6.07 Å². The van der Waals surface area contributed by atoms with Crippen LogP contribution in [0.15, 0.2) is 18.2 Å². The molecule has 0 aromatic heterocycles. The van der Waals surface area contributed by atoms with Crippen LogP contribution in [0, 0.1) is 10.1 Å². The van der Waals surface area contributed by atoms with Crippen LogP contribution in [0.1, 0.15) is 18.4 Å². The Hall–Kier alpha value is -1.66. The molecule has 1 aliphatic rings. The molecule has 19 heavy (non-hydrogen) atoms. The molecule has 0 saturated carbocycles. The molecule has 0 fully saturated rings. The van der Waals surface area contributed by atoms with Crippen molar-refractivity contribution in [3.8, 4) is 0 Å². The van der Waals surface area contributed by atoms with Gasteiger partial charge in [0.2, 0.25) is 5.91 Å². The number of rotatable bonds is 4. The Morgan fingerprint density at radius 3 is 2.84 bits per heavy atom. The highest BCUT2D eigenvalue weighted by molar-refractivity contribution is 5.96. The number of halogens is 1. The van der Waals surface area contributed by atoms with Gasteiger partial charge in [0.15, 0.2) is 0 Å². The molecule has 0 bridgehead atoms. The second-order valence-electron chi connectivity index (χ2n) is 4.22. The Labute approximate surface area is 117 Å². The summed E-state index contributed by atoms with van der Waals surface area (Å²) < 4.78 is 0. The number of fused-ring (bicyclic) bond motifs is 1. The number of nitro groups is 1. The number of amides is 1. The zero-order valence-electron chi connectivity index (χ0n) is 10.4. The van der Waals surface area contributed by atoms with Gasteiger partial charge in [-0.25, -0.2) is 0 Å². The lowest BCUT2D eigenvalue weighted by Crippen LogP contribution is -2.29. The number of anilines is 1. The third-order valence-corrected chi connectivity index (χ3v) is 3.10. The summed E-state index contributed by atoms with van der Waals surface area (Å²) in [6.07, 6.45) is 1.57. The van der Waals surface area contributed by atoms with Gasteiger partial charge in [-0.2, -0.15) is 0 Å². The normalized spacial score (nSPS) is 12.8. The number of carbonyl (C=O) groups is 1. The summed E-state index contributed by atoms with van der Waals surface area (Å²) in [6, 6.07) is 4.86. The van der Waals surface area contributed by atoms with Crippen molar-refractivity contribution < 1.29 is 9.72 Å². The predicted octanol–water partition coefficient (Wildman–Crippen LogP) is 1.64. The molecule has 1 heterocycles. The van der Waals surface area contributed by atoms with E-state index in [9.17, 15) is 14.9 Å². The average Bonchev–Trinajstić information content (AvgIpc) is 2.79. The summed E-state index contributed by atoms with van der Waals surface area (Å²) in [6.45, 7) is 0.991. The van der Waals surface area contributed by atoms with Crippen LogP contribution < -0.4 is 10.6 Å². The standard InChI is InChI=1S/C12H15N3O3.ClH/c13-7-2-5-12(16)14-8-6-9-10(14)3-1-4-11(9)15(17)18;/h1,3-4H,2,5-8,13H2;1H. The fourth-order valence-corrected chi connectivity index (χ4v) is 2.23. The Bertz CT molecular complexity index is 493. The molecule has 104 valence electrons. The summed E-state index contributed by atoms with van der Waals surface area (Å²) in [5.74, 6) is -0.0142. The summed E-state index contributed by atoms with van der Waals surface area (Å²) in [5, 5.41) is 10.9. The maximum absolute atomic E-state index is 11.9. The van der Waals surface area contributed by atoms with Gasteiger partial charge in [-0.1, -0.05) is 6.07 Å². The Morgan fingerprint density at radius 2 is 2.21 bits per heavy atom. The molecule has 1 aliphatic heterocycles. The van der Waals surface area contributed by atoms with Gasteiger partial charge in [0, 0.05) is 19.0 Å². The number of nitrogens with zero attached hydrogens (tertiary/aromatic N) is 2. The largest absolute Gasteiger partial charge is 0.330 e. The molecule has 2 rings (SSSR count). The molecule has 0 atom stereocenters. The monoisotopic (exact) mass is 285 g/mol. The van der Waals surface area contributed by atoms with Crippen LogP contribution >= 0.6 is 12.4 Å². The van der Waals surface area contributed by atoms with Gasteiger partial charge in [-0.3, -0.25) is 14.9 Å². The van der Waals surface area contributed by atoms with Crippen LogP contribution in [0.3, 0.4) is 0 Å². The minimum Gasteiger partial charge on any atom is -0.330 e. The number of hydrogen-bond acceptors (Lipinski definition) is 4. The maximum atomic E-state index is 11.9. The summed E-state index contributed by atoms with van der Waals surface area (Å²) in [7, 11) is 0. The average molecular weight is 286 g/mol. The molecule has 0 unspecified atom stereocenters. The molecule has 7 heteroatoms. The van der Waals surface area contributed by atoms with E-state index in [0.717, 1.165) is 0 Å². The van der Waals surface area contributed by atoms with Crippen molar-refractivity contribution in [2.75, 3.05) is 18.0 Å². The highest BCUT2D eigenvalue weighted by atomic mass is 35.5. The van der Waals surface area contributed by atoms with Gasteiger partial charge >= 0.3 is 0 Å². The first kappa shape index (κ1) is 15.4. The first-order chi connectivity index (χ1) is 8.65. The van der Waals surface area contributed by atoms with E-state index in [4.69, 9.17) is 5.73 Å². The molecule has 0 aliphatic carbocycles. The first-order valence-corrected chi connectivity index (χ1v) is 5.92. The van der Waals surface area contributed by atoms with Crippen molar-refractivity contribution in [3.05, 3.63) is 33.9 Å². The molecule has 0 spiro atoms. The lowest BCUT2D eigenvalue weighted by atomic mass is 10.1. The minimum atomic E-state index is -0.396. The zero-order valence-corrected chi connectivity index (χ0v) is 11.2. The molecule has 2 N–H and O–H groups in total. The highest BCUT2D eigenvalue weighted by Gasteiger charge is 2.29. The quantitative estimate of drug-likeness (QED) is 0.673. The van der Waals surface area contributed by atoms with Gasteiger partial charge in [0.05, 0.1) is 16.2 Å². The highest BCUT2D eigenvalue weighted by Crippen LogP contribution is 2.35. The minimum absolute atomic E-state index is 0. The van der Waals surface area contributed by atoms with E-state index in [-0.39, 0.29) is 24.0 Å². The lowest BCUT2D eigenvalue weighted by molar-refractivity contribution is -0.385. The van der Waals surface area contributed by atoms with E-state index in [1.807, 2.05) is 0 Å². The van der Waals surface area contributed by atoms with Crippen molar-refractivity contribution >= 4 is 29.7 Å². The van der Waals surface area contributed by atoms with Crippen molar-refractivity contribution in [3.63, 3.8) is 0 Å². The van der Waals surface area contributed by atoms with Crippen molar-refractivity contribution in [2.45, 2.75) is 19.3 Å². The number of nitrogens with two attached hydrogens (primary N) is 1. The molecule has 6 nitrogen and oxygen atoms in total. The fourth-order valence-electron chi connectivity index (χ4n) is 2.23. The second-order valence-corrected chi connectivity index (χ2v) is 4.22. The van der Waals surface area contributed by atoms with E-state index in [1.54, 1.807) is 17.0 Å². The molecular formula is C12H16ClN3O3. The third-order valence-electron chi connectivity index (χ3n) is 3.10. The van der Waals surface area contributed by atoms with Crippen molar-refractivity contribution in [1.82, 2.24) is 0 Å². The predicted molar refractivity (Wildman–Crippen MR) is 74.7 cm³/mol. The van der Waals surface area contributed by atoms with Crippen molar-refractivity contribution in [2.24, 2.45) is 5.73 Å². The van der Waals surface area contributed by atoms with Crippen molar-refractivity contribution in [1.29, 1.82) is 0 Å². The number of carbonyl (C=O) groups excluding carboxylic acids is 1. The van der Waals surface area contributed by atoms with Crippen LogP contribution in [-0.2, 0) is 11.2 Å². The van der Waals surface area contributed by atoms with Crippen LogP contribution in [0.5, 0.6) is 0 Å². The van der Waals surface area contributed by atoms with Gasteiger partial charge in [0.1, 0.15) is 0 Å². The van der Waals surface area contributed by atoms with Crippen LogP contribution in [0.2, 0.25) is 0 Å². The second kappa shape index (κ2) is 6.49. The fraction of sp³-hybridized carbons (Fsp3) is 0.417. The van der Waals surface area contributed by atoms with E-state index < -0.39 is 4.92 Å².